The van der Waals surface area contributed by atoms with Crippen molar-refractivity contribution in [1.82, 2.24) is 24.6 Å². The lowest BCUT2D eigenvalue weighted by molar-refractivity contribution is 0.861. The zero-order chi connectivity index (χ0) is 16.9. The Bertz CT molecular complexity index is 881. The fourth-order valence-corrected chi connectivity index (χ4v) is 2.28. The van der Waals surface area contributed by atoms with Gasteiger partial charge in [0.15, 0.2) is 11.5 Å². The Morgan fingerprint density at radius 3 is 2.79 bits per heavy atom. The van der Waals surface area contributed by atoms with Crippen molar-refractivity contribution >= 4 is 29.0 Å². The number of hydrogen-bond acceptors (Lipinski definition) is 7. The topological polar surface area (TPSA) is 104 Å². The molecule has 0 bridgehead atoms. The van der Waals surface area contributed by atoms with Gasteiger partial charge >= 0.3 is 0 Å². The van der Waals surface area contributed by atoms with Gasteiger partial charge in [0.05, 0.1) is 5.56 Å². The zero-order valence-electron chi connectivity index (χ0n) is 13.0. The molecule has 122 valence electrons. The van der Waals surface area contributed by atoms with Crippen LogP contribution >= 0.6 is 11.6 Å². The predicted molar refractivity (Wildman–Crippen MR) is 91.1 cm³/mol. The van der Waals surface area contributed by atoms with Crippen molar-refractivity contribution in [3.63, 3.8) is 0 Å². The maximum absolute atomic E-state index is 8.75. The molecular weight excluding hydrogens is 328 g/mol. The quantitative estimate of drug-likeness (QED) is 0.522. The number of rotatable bonds is 6. The molecule has 0 saturated heterocycles. The molecule has 8 nitrogen and oxygen atoms in total. The molecule has 0 amide bonds. The lowest BCUT2D eigenvalue weighted by Crippen LogP contribution is -2.17. The van der Waals surface area contributed by atoms with E-state index in [2.05, 4.69) is 30.7 Å². The number of aromatic nitrogens is 5. The minimum Gasteiger partial charge on any atom is -0.368 e. The summed E-state index contributed by atoms with van der Waals surface area (Å²) >= 11 is 6.03. The Hall–Kier alpha value is -2.92. The maximum atomic E-state index is 8.75. The van der Waals surface area contributed by atoms with Gasteiger partial charge in [-0.2, -0.15) is 9.78 Å². The van der Waals surface area contributed by atoms with Crippen LogP contribution in [0.5, 0.6) is 0 Å². The lowest BCUT2D eigenvalue weighted by atomic mass is 10.3. The van der Waals surface area contributed by atoms with E-state index < -0.39 is 0 Å². The highest BCUT2D eigenvalue weighted by Crippen LogP contribution is 2.14. The fourth-order valence-electron chi connectivity index (χ4n) is 2.10. The minimum atomic E-state index is 0.363. The molecule has 2 N–H and O–H groups in total. The Balaban J connectivity index is 1.63. The Morgan fingerprint density at radius 1 is 1.25 bits per heavy atom. The highest BCUT2D eigenvalue weighted by molar-refractivity contribution is 6.29. The molecular formula is C15H15ClN8. The summed E-state index contributed by atoms with van der Waals surface area (Å²) < 4.78 is 1.64. The number of pyridine rings is 1. The molecule has 0 unspecified atom stereocenters. The third-order valence-electron chi connectivity index (χ3n) is 3.26. The van der Waals surface area contributed by atoms with Crippen LogP contribution in [0.25, 0.3) is 5.65 Å². The Kier molecular flexibility index (Phi) is 4.72. The molecule has 0 aliphatic carbocycles. The van der Waals surface area contributed by atoms with Gasteiger partial charge in [-0.3, -0.25) is 0 Å². The second kappa shape index (κ2) is 7.10. The van der Waals surface area contributed by atoms with Crippen LogP contribution in [0.1, 0.15) is 18.3 Å². The van der Waals surface area contributed by atoms with Gasteiger partial charge in [0.1, 0.15) is 17.0 Å². The zero-order valence-corrected chi connectivity index (χ0v) is 13.7. The molecule has 0 fully saturated rings. The molecule has 3 heterocycles. The number of hydrogen-bond donors (Lipinski definition) is 2. The molecule has 3 aromatic rings. The number of fused-ring (bicyclic) bond motifs is 1. The van der Waals surface area contributed by atoms with E-state index in [0.29, 0.717) is 41.2 Å². The average molecular weight is 343 g/mol. The largest absolute Gasteiger partial charge is 0.368 e. The number of nitriles is 1. The number of anilines is 2. The molecule has 0 atom stereocenters. The highest BCUT2D eigenvalue weighted by atomic mass is 35.5. The van der Waals surface area contributed by atoms with Crippen molar-refractivity contribution in [3.8, 4) is 6.07 Å². The summed E-state index contributed by atoms with van der Waals surface area (Å²) in [5, 5.41) is 19.8. The third kappa shape index (κ3) is 3.52. The van der Waals surface area contributed by atoms with Crippen LogP contribution in [0, 0.1) is 11.3 Å². The number of aryl methyl sites for hydroxylation is 1. The number of nitrogens with one attached hydrogen (secondary N) is 2. The highest BCUT2D eigenvalue weighted by Gasteiger charge is 2.09. The predicted octanol–water partition coefficient (Wildman–Crippen LogP) is 2.13. The van der Waals surface area contributed by atoms with E-state index in [1.54, 1.807) is 22.7 Å². The first-order chi connectivity index (χ1) is 11.7. The molecule has 0 aliphatic rings. The van der Waals surface area contributed by atoms with Gasteiger partial charge in [-0.25, -0.2) is 15.0 Å². The monoisotopic (exact) mass is 342 g/mol. The van der Waals surface area contributed by atoms with Crippen molar-refractivity contribution in [3.05, 3.63) is 40.9 Å². The second-order valence-corrected chi connectivity index (χ2v) is 5.34. The van der Waals surface area contributed by atoms with Crippen LogP contribution in [0.3, 0.4) is 0 Å². The van der Waals surface area contributed by atoms with E-state index in [4.69, 9.17) is 16.9 Å². The first kappa shape index (κ1) is 16.0. The summed E-state index contributed by atoms with van der Waals surface area (Å²) in [7, 11) is 0. The van der Waals surface area contributed by atoms with Gasteiger partial charge in [0, 0.05) is 31.8 Å². The first-order valence-corrected chi connectivity index (χ1v) is 7.83. The van der Waals surface area contributed by atoms with Crippen LogP contribution in [-0.2, 0) is 6.42 Å². The van der Waals surface area contributed by atoms with Crippen LogP contribution in [0.4, 0.5) is 11.8 Å². The molecule has 3 aromatic heterocycles. The smallest absolute Gasteiger partial charge is 0.227 e. The summed E-state index contributed by atoms with van der Waals surface area (Å²) in [4.78, 5) is 12.8. The summed E-state index contributed by atoms with van der Waals surface area (Å²) in [6.07, 6.45) is 2.27. The van der Waals surface area contributed by atoms with Crippen molar-refractivity contribution in [2.24, 2.45) is 0 Å². The molecule has 24 heavy (non-hydrogen) atoms. The van der Waals surface area contributed by atoms with E-state index in [-0.39, 0.29) is 0 Å². The second-order valence-electron chi connectivity index (χ2n) is 4.95. The molecule has 0 saturated carbocycles. The van der Waals surface area contributed by atoms with E-state index in [1.807, 2.05) is 13.0 Å². The van der Waals surface area contributed by atoms with Crippen molar-refractivity contribution in [1.29, 1.82) is 5.26 Å². The molecule has 0 spiro atoms. The van der Waals surface area contributed by atoms with Crippen LogP contribution in [0.2, 0.25) is 5.15 Å². The third-order valence-corrected chi connectivity index (χ3v) is 3.45. The van der Waals surface area contributed by atoms with Gasteiger partial charge in [0.2, 0.25) is 5.95 Å². The van der Waals surface area contributed by atoms with Gasteiger partial charge in [-0.05, 0) is 12.1 Å². The van der Waals surface area contributed by atoms with Gasteiger partial charge in [0.25, 0.3) is 0 Å². The number of halogens is 1. The standard InChI is InChI=1S/C15H15ClN8/c1-2-12-22-14-7-11(16)21-15(24(14)23-12)19-6-5-18-13-4-3-10(8-17)9-20-13/h3-4,7,9H,2,5-6H2,1H3,(H,18,20)(H,19,21). The van der Waals surface area contributed by atoms with Gasteiger partial charge < -0.3 is 10.6 Å². The summed E-state index contributed by atoms with van der Waals surface area (Å²) in [6.45, 7) is 3.20. The van der Waals surface area contributed by atoms with Gasteiger partial charge in [-0.15, -0.1) is 5.10 Å². The molecule has 0 radical (unpaired) electrons. The molecule has 0 aromatic carbocycles. The van der Waals surface area contributed by atoms with Gasteiger partial charge in [-0.1, -0.05) is 18.5 Å². The van der Waals surface area contributed by atoms with Crippen LogP contribution < -0.4 is 10.6 Å². The maximum Gasteiger partial charge on any atom is 0.227 e. The number of nitrogens with zero attached hydrogens (tertiary/aromatic N) is 6. The summed E-state index contributed by atoms with van der Waals surface area (Å²) in [5.74, 6) is 1.98. The van der Waals surface area contributed by atoms with Crippen molar-refractivity contribution in [2.45, 2.75) is 13.3 Å². The molecule has 3 rings (SSSR count). The van der Waals surface area contributed by atoms with Crippen LogP contribution in [-0.4, -0.2) is 37.7 Å². The van der Waals surface area contributed by atoms with E-state index in [9.17, 15) is 0 Å². The molecule has 0 aliphatic heterocycles. The SMILES string of the molecule is CCc1nc2cc(Cl)nc(NCCNc3ccc(C#N)cn3)n2n1. The summed E-state index contributed by atoms with van der Waals surface area (Å²) in [6, 6.07) is 7.19. The fraction of sp³-hybridized carbons (Fsp3) is 0.267. The Morgan fingerprint density at radius 2 is 2.08 bits per heavy atom. The Labute approximate surface area is 143 Å². The van der Waals surface area contributed by atoms with E-state index >= 15 is 0 Å². The average Bonchev–Trinajstić information content (AvgIpc) is 3.02. The first-order valence-electron chi connectivity index (χ1n) is 7.45. The minimum absolute atomic E-state index is 0.363. The lowest BCUT2D eigenvalue weighted by Gasteiger charge is -2.09. The van der Waals surface area contributed by atoms with Crippen molar-refractivity contribution < 1.29 is 0 Å². The van der Waals surface area contributed by atoms with E-state index in [1.165, 1.54) is 6.20 Å². The summed E-state index contributed by atoms with van der Waals surface area (Å²) in [5.41, 5.74) is 1.19. The van der Waals surface area contributed by atoms with Crippen molar-refractivity contribution in [2.75, 3.05) is 23.7 Å². The van der Waals surface area contributed by atoms with Crippen LogP contribution in [0.15, 0.2) is 24.4 Å². The normalized spacial score (nSPS) is 10.5. The molecule has 9 heteroatoms. The van der Waals surface area contributed by atoms with E-state index in [0.717, 1.165) is 12.2 Å².